The lowest BCUT2D eigenvalue weighted by Gasteiger charge is -2.14. The number of rotatable bonds is 1. The van der Waals surface area contributed by atoms with Crippen LogP contribution in [0, 0.1) is 6.92 Å². The van der Waals surface area contributed by atoms with Gasteiger partial charge in [-0.15, -0.1) is 10.2 Å². The molecule has 0 spiro atoms. The predicted molar refractivity (Wildman–Crippen MR) is 46.4 cm³/mol. The molecule has 74 valence electrons. The monoisotopic (exact) mass is 200 g/mol. The van der Waals surface area contributed by atoms with Crippen molar-refractivity contribution in [2.45, 2.75) is 6.92 Å². The lowest BCUT2D eigenvalue weighted by atomic mass is 9.81. The van der Waals surface area contributed by atoms with E-state index in [0.29, 0.717) is 11.5 Å². The molecular weight excluding hydrogens is 194 g/mol. The SMILES string of the molecule is Cc1nnc2ccc([B-](F)(F)F)cn12. The first-order valence-corrected chi connectivity index (χ1v) is 4.00. The smallest absolute Gasteiger partial charge is 0.445 e. The number of pyridine rings is 1. The summed E-state index contributed by atoms with van der Waals surface area (Å²) >= 11 is 0. The quantitative estimate of drug-likeness (QED) is 0.645. The summed E-state index contributed by atoms with van der Waals surface area (Å²) in [6.07, 6.45) is 1.02. The minimum Gasteiger partial charge on any atom is -0.445 e. The highest BCUT2D eigenvalue weighted by Gasteiger charge is 2.25. The first-order valence-electron chi connectivity index (χ1n) is 4.00. The zero-order chi connectivity index (χ0) is 10.3. The highest BCUT2D eigenvalue weighted by atomic mass is 19.4. The molecule has 0 atom stereocenters. The van der Waals surface area contributed by atoms with Gasteiger partial charge in [0.15, 0.2) is 5.65 Å². The lowest BCUT2D eigenvalue weighted by Crippen LogP contribution is -2.34. The minimum atomic E-state index is -4.96. The van der Waals surface area contributed by atoms with Crippen LogP contribution in [0.4, 0.5) is 12.9 Å². The van der Waals surface area contributed by atoms with Crippen molar-refractivity contribution in [1.29, 1.82) is 0 Å². The van der Waals surface area contributed by atoms with Crippen LogP contribution < -0.4 is 5.46 Å². The highest BCUT2D eigenvalue weighted by molar-refractivity contribution is 6.73. The third-order valence-corrected chi connectivity index (χ3v) is 1.97. The summed E-state index contributed by atoms with van der Waals surface area (Å²) in [6, 6.07) is 2.33. The Balaban J connectivity index is 2.66. The van der Waals surface area contributed by atoms with E-state index < -0.39 is 12.4 Å². The normalized spacial score (nSPS) is 12.3. The zero-order valence-electron chi connectivity index (χ0n) is 7.28. The van der Waals surface area contributed by atoms with Crippen molar-refractivity contribution in [3.8, 4) is 0 Å². The maximum atomic E-state index is 12.4. The van der Waals surface area contributed by atoms with Crippen LogP contribution in [-0.2, 0) is 0 Å². The van der Waals surface area contributed by atoms with Crippen LogP contribution in [0.25, 0.3) is 5.65 Å². The van der Waals surface area contributed by atoms with Crippen molar-refractivity contribution in [3.05, 3.63) is 24.2 Å². The Morgan fingerprint density at radius 2 is 1.93 bits per heavy atom. The fraction of sp³-hybridized carbons (Fsp3) is 0.143. The van der Waals surface area contributed by atoms with Crippen LogP contribution in [0.3, 0.4) is 0 Å². The number of aromatic nitrogens is 3. The highest BCUT2D eigenvalue weighted by Crippen LogP contribution is 2.10. The van der Waals surface area contributed by atoms with Crippen molar-refractivity contribution in [1.82, 2.24) is 14.6 Å². The first kappa shape index (κ1) is 9.05. The molecule has 0 bridgehead atoms. The third kappa shape index (κ3) is 1.34. The average molecular weight is 200 g/mol. The molecule has 0 amide bonds. The van der Waals surface area contributed by atoms with Gasteiger partial charge in [-0.05, 0) is 19.2 Å². The van der Waals surface area contributed by atoms with Gasteiger partial charge in [0.05, 0.1) is 0 Å². The summed E-state index contributed by atoms with van der Waals surface area (Å²) in [7, 11) is 0. The number of aryl methyl sites for hydroxylation is 1. The summed E-state index contributed by atoms with van der Waals surface area (Å²) in [6.45, 7) is -3.35. The molecule has 2 heterocycles. The van der Waals surface area contributed by atoms with E-state index in [9.17, 15) is 12.9 Å². The molecule has 14 heavy (non-hydrogen) atoms. The molecular formula is C7H6BF3N3-. The molecule has 2 aromatic heterocycles. The third-order valence-electron chi connectivity index (χ3n) is 1.97. The van der Waals surface area contributed by atoms with E-state index in [1.165, 1.54) is 10.5 Å². The standard InChI is InChI=1S/C7H6BF3N3/c1-5-12-13-7-3-2-6(4-14(5)7)8(9,10)11/h2-4H,1H3/q-1. The van der Waals surface area contributed by atoms with E-state index in [-0.39, 0.29) is 0 Å². The van der Waals surface area contributed by atoms with Crippen LogP contribution in [-0.4, -0.2) is 21.6 Å². The Morgan fingerprint density at radius 3 is 2.57 bits per heavy atom. The molecule has 0 unspecified atom stereocenters. The van der Waals surface area contributed by atoms with E-state index in [1.54, 1.807) is 6.92 Å². The van der Waals surface area contributed by atoms with Crippen molar-refractivity contribution < 1.29 is 12.9 Å². The number of fused-ring (bicyclic) bond motifs is 1. The van der Waals surface area contributed by atoms with Crippen LogP contribution in [0.1, 0.15) is 5.82 Å². The van der Waals surface area contributed by atoms with Gasteiger partial charge in [0.2, 0.25) is 0 Å². The second-order valence-electron chi connectivity index (χ2n) is 3.01. The molecule has 3 nitrogen and oxygen atoms in total. The Hall–Kier alpha value is -1.53. The number of hydrogen-bond acceptors (Lipinski definition) is 2. The molecule has 2 aromatic rings. The lowest BCUT2D eigenvalue weighted by molar-refractivity contribution is 0.500. The molecule has 2 rings (SSSR count). The van der Waals surface area contributed by atoms with E-state index in [2.05, 4.69) is 10.2 Å². The van der Waals surface area contributed by atoms with Crippen LogP contribution in [0.15, 0.2) is 18.3 Å². The van der Waals surface area contributed by atoms with Crippen molar-refractivity contribution in [2.24, 2.45) is 0 Å². The Bertz CT molecular complexity index is 476. The average Bonchev–Trinajstić information content (AvgIpc) is 2.46. The second kappa shape index (κ2) is 2.73. The van der Waals surface area contributed by atoms with Gasteiger partial charge in [0.25, 0.3) is 0 Å². The second-order valence-corrected chi connectivity index (χ2v) is 3.01. The molecule has 0 aliphatic rings. The molecule has 0 aliphatic heterocycles. The summed E-state index contributed by atoms with van der Waals surface area (Å²) in [5.41, 5.74) is -0.216. The van der Waals surface area contributed by atoms with Crippen LogP contribution in [0.2, 0.25) is 0 Å². The fourth-order valence-electron chi connectivity index (χ4n) is 1.22. The van der Waals surface area contributed by atoms with E-state index in [1.807, 2.05) is 0 Å². The van der Waals surface area contributed by atoms with Gasteiger partial charge in [-0.3, -0.25) is 4.40 Å². The van der Waals surface area contributed by atoms with Gasteiger partial charge in [-0.25, -0.2) is 0 Å². The first-order chi connectivity index (χ1) is 6.48. The van der Waals surface area contributed by atoms with Gasteiger partial charge < -0.3 is 12.9 Å². The van der Waals surface area contributed by atoms with Crippen LogP contribution in [0.5, 0.6) is 0 Å². The summed E-state index contributed by atoms with van der Waals surface area (Å²) in [5, 5.41) is 7.37. The Morgan fingerprint density at radius 1 is 1.21 bits per heavy atom. The van der Waals surface area contributed by atoms with E-state index >= 15 is 0 Å². The van der Waals surface area contributed by atoms with Gasteiger partial charge in [0.1, 0.15) is 5.82 Å². The summed E-state index contributed by atoms with van der Waals surface area (Å²) in [4.78, 5) is 0. The number of hydrogen-bond donors (Lipinski definition) is 0. The largest absolute Gasteiger partial charge is 0.511 e. The molecule has 0 radical (unpaired) electrons. The zero-order valence-corrected chi connectivity index (χ0v) is 7.28. The molecule has 7 heteroatoms. The maximum Gasteiger partial charge on any atom is 0.511 e. The van der Waals surface area contributed by atoms with Gasteiger partial charge in [-0.2, -0.15) is 0 Å². The van der Waals surface area contributed by atoms with Gasteiger partial charge in [0, 0.05) is 0 Å². The molecule has 0 fully saturated rings. The number of halogens is 3. The Kier molecular flexibility index (Phi) is 1.76. The Labute approximate surface area is 77.6 Å². The maximum absolute atomic E-state index is 12.4. The van der Waals surface area contributed by atoms with E-state index in [4.69, 9.17) is 0 Å². The summed E-state index contributed by atoms with van der Waals surface area (Å²) < 4.78 is 38.4. The van der Waals surface area contributed by atoms with Gasteiger partial charge in [-0.1, -0.05) is 11.5 Å². The molecule has 0 aliphatic carbocycles. The molecule has 0 N–H and O–H groups in total. The topological polar surface area (TPSA) is 30.2 Å². The van der Waals surface area contributed by atoms with Gasteiger partial charge >= 0.3 is 6.98 Å². The van der Waals surface area contributed by atoms with E-state index in [0.717, 1.165) is 12.3 Å². The molecule has 0 saturated carbocycles. The van der Waals surface area contributed by atoms with Crippen molar-refractivity contribution in [3.63, 3.8) is 0 Å². The number of nitrogens with zero attached hydrogens (tertiary/aromatic N) is 3. The van der Waals surface area contributed by atoms with Crippen molar-refractivity contribution >= 4 is 18.1 Å². The van der Waals surface area contributed by atoms with Crippen LogP contribution >= 0.6 is 0 Å². The minimum absolute atomic E-state index is 0.423. The molecule has 0 aromatic carbocycles. The summed E-state index contributed by atoms with van der Waals surface area (Å²) in [5.74, 6) is 0.446. The fourth-order valence-corrected chi connectivity index (χ4v) is 1.22. The van der Waals surface area contributed by atoms with Crippen molar-refractivity contribution in [2.75, 3.05) is 0 Å². The predicted octanol–water partition coefficient (Wildman–Crippen LogP) is 1.09. The molecule has 0 saturated heterocycles.